The summed E-state index contributed by atoms with van der Waals surface area (Å²) in [6.45, 7) is 4.40. The molecule has 0 heterocycles. The molecule has 0 aliphatic heterocycles. The Morgan fingerprint density at radius 1 is 1.00 bits per heavy atom. The molecule has 4 aliphatic rings. The van der Waals surface area contributed by atoms with Crippen molar-refractivity contribution >= 4 is 5.97 Å². The van der Waals surface area contributed by atoms with E-state index >= 15 is 0 Å². The van der Waals surface area contributed by atoms with E-state index in [1.54, 1.807) is 0 Å². The predicted octanol–water partition coefficient (Wildman–Crippen LogP) is 3.21. The highest BCUT2D eigenvalue weighted by Crippen LogP contribution is 2.73. The van der Waals surface area contributed by atoms with Gasteiger partial charge in [0.2, 0.25) is 0 Å². The van der Waals surface area contributed by atoms with Crippen molar-refractivity contribution in [2.45, 2.75) is 77.7 Å². The second-order valence-electron chi connectivity index (χ2n) is 10.0. The number of aliphatic hydroxyl groups excluding tert-OH is 2. The van der Waals surface area contributed by atoms with Gasteiger partial charge in [0, 0.05) is 12.0 Å². The first-order valence-corrected chi connectivity index (χ1v) is 9.75. The second kappa shape index (κ2) is 4.97. The molecule has 0 saturated heterocycles. The molecule has 4 heteroatoms. The summed E-state index contributed by atoms with van der Waals surface area (Å²) in [5, 5.41) is 30.9. The van der Waals surface area contributed by atoms with Crippen LogP contribution in [0.3, 0.4) is 0 Å². The fourth-order valence-corrected chi connectivity index (χ4v) is 7.91. The Morgan fingerprint density at radius 2 is 1.71 bits per heavy atom. The fraction of sp³-hybridized carbons (Fsp3) is 0.950. The standard InChI is InChI=1S/C20H32O4/c1-17(16(23)24)6-5-15(22)18(2)13(17)4-8-20-10-9-19(11-20,12-21)7-3-14(18)20/h13-15,21-22H,3-12H2,1-2H3,(H,23,24)/t13-,14?,15+,17-,18-,19+,20+/m1/s1. The molecule has 4 saturated carbocycles. The lowest BCUT2D eigenvalue weighted by molar-refractivity contribution is -0.215. The number of aliphatic carboxylic acids is 1. The molecule has 0 radical (unpaired) electrons. The molecular weight excluding hydrogens is 304 g/mol. The van der Waals surface area contributed by atoms with Crippen molar-refractivity contribution in [3.8, 4) is 0 Å². The number of rotatable bonds is 2. The number of aliphatic hydroxyl groups is 2. The molecule has 136 valence electrons. The van der Waals surface area contributed by atoms with Crippen LogP contribution in [-0.2, 0) is 4.79 Å². The van der Waals surface area contributed by atoms with Crippen LogP contribution in [0.25, 0.3) is 0 Å². The normalized spacial score (nSPS) is 56.4. The smallest absolute Gasteiger partial charge is 0.309 e. The van der Waals surface area contributed by atoms with Gasteiger partial charge in [-0.1, -0.05) is 6.92 Å². The molecular formula is C20H32O4. The van der Waals surface area contributed by atoms with E-state index < -0.39 is 11.4 Å². The number of hydrogen-bond donors (Lipinski definition) is 3. The van der Waals surface area contributed by atoms with E-state index in [0.717, 1.165) is 44.9 Å². The van der Waals surface area contributed by atoms with Crippen molar-refractivity contribution in [3.63, 3.8) is 0 Å². The molecule has 4 nitrogen and oxygen atoms in total. The minimum atomic E-state index is -0.709. The summed E-state index contributed by atoms with van der Waals surface area (Å²) >= 11 is 0. The van der Waals surface area contributed by atoms with Crippen LogP contribution < -0.4 is 0 Å². The lowest BCUT2D eigenvalue weighted by Gasteiger charge is -2.65. The summed E-state index contributed by atoms with van der Waals surface area (Å²) in [5.74, 6) is -0.225. The SMILES string of the molecule is C[C@]12C3CC[C@]4(CO)CC[C@@]3(CC[C@@H]1[C@](C)(C(=O)O)CC[C@@H]2O)C4. The van der Waals surface area contributed by atoms with Crippen molar-refractivity contribution in [2.24, 2.45) is 33.5 Å². The van der Waals surface area contributed by atoms with Crippen LogP contribution in [0.2, 0.25) is 0 Å². The summed E-state index contributed by atoms with van der Waals surface area (Å²) in [4.78, 5) is 12.1. The van der Waals surface area contributed by atoms with Gasteiger partial charge in [0.25, 0.3) is 0 Å². The lowest BCUT2D eigenvalue weighted by Crippen LogP contribution is -2.63. The van der Waals surface area contributed by atoms with Crippen LogP contribution in [0.1, 0.15) is 71.6 Å². The summed E-state index contributed by atoms with van der Waals surface area (Å²) in [6.07, 6.45) is 8.21. The minimum absolute atomic E-state index is 0.0594. The Balaban J connectivity index is 1.76. The molecule has 4 rings (SSSR count). The number of fused-ring (bicyclic) bond motifs is 3. The van der Waals surface area contributed by atoms with Gasteiger partial charge in [-0.25, -0.2) is 0 Å². The third-order valence-corrected chi connectivity index (χ3v) is 9.26. The molecule has 3 N–H and O–H groups in total. The predicted molar refractivity (Wildman–Crippen MR) is 90.3 cm³/mol. The zero-order valence-electron chi connectivity index (χ0n) is 15.1. The van der Waals surface area contributed by atoms with Crippen LogP contribution in [-0.4, -0.2) is 34.0 Å². The average Bonchev–Trinajstić information content (AvgIpc) is 2.83. The maximum Gasteiger partial charge on any atom is 0.309 e. The van der Waals surface area contributed by atoms with Gasteiger partial charge in [0.15, 0.2) is 0 Å². The van der Waals surface area contributed by atoms with Crippen LogP contribution in [0.4, 0.5) is 0 Å². The third-order valence-electron chi connectivity index (χ3n) is 9.26. The molecule has 0 amide bonds. The van der Waals surface area contributed by atoms with E-state index in [0.29, 0.717) is 18.8 Å². The topological polar surface area (TPSA) is 77.8 Å². The van der Waals surface area contributed by atoms with Gasteiger partial charge in [-0.3, -0.25) is 4.79 Å². The summed E-state index contributed by atoms with van der Waals surface area (Å²) < 4.78 is 0. The first kappa shape index (κ1) is 16.8. The zero-order chi connectivity index (χ0) is 17.4. The Labute approximate surface area is 144 Å². The average molecular weight is 336 g/mol. The van der Waals surface area contributed by atoms with Gasteiger partial charge in [0.1, 0.15) is 0 Å². The van der Waals surface area contributed by atoms with Crippen molar-refractivity contribution in [3.05, 3.63) is 0 Å². The van der Waals surface area contributed by atoms with Crippen molar-refractivity contribution in [1.29, 1.82) is 0 Å². The van der Waals surface area contributed by atoms with Crippen molar-refractivity contribution in [2.75, 3.05) is 6.61 Å². The first-order chi connectivity index (χ1) is 11.2. The Kier molecular flexibility index (Phi) is 3.49. The summed E-state index contributed by atoms with van der Waals surface area (Å²) in [5.41, 5.74) is -0.672. The summed E-state index contributed by atoms with van der Waals surface area (Å²) in [6, 6.07) is 0. The number of carbonyl (C=O) groups is 1. The molecule has 0 aromatic carbocycles. The Hall–Kier alpha value is -0.610. The van der Waals surface area contributed by atoms with E-state index in [1.165, 1.54) is 0 Å². The van der Waals surface area contributed by atoms with E-state index in [9.17, 15) is 20.1 Å². The molecule has 0 aromatic rings. The Morgan fingerprint density at radius 3 is 2.38 bits per heavy atom. The van der Waals surface area contributed by atoms with E-state index in [-0.39, 0.29) is 34.9 Å². The van der Waals surface area contributed by atoms with Gasteiger partial charge < -0.3 is 15.3 Å². The van der Waals surface area contributed by atoms with Crippen molar-refractivity contribution in [1.82, 2.24) is 0 Å². The van der Waals surface area contributed by atoms with Crippen LogP contribution in [0.15, 0.2) is 0 Å². The van der Waals surface area contributed by atoms with Gasteiger partial charge >= 0.3 is 5.97 Å². The highest BCUT2D eigenvalue weighted by molar-refractivity contribution is 5.75. The molecule has 1 spiro atoms. The van der Waals surface area contributed by atoms with E-state index in [2.05, 4.69) is 6.92 Å². The molecule has 4 aliphatic carbocycles. The molecule has 4 fully saturated rings. The highest BCUT2D eigenvalue weighted by atomic mass is 16.4. The second-order valence-corrected chi connectivity index (χ2v) is 10.0. The quantitative estimate of drug-likeness (QED) is 0.723. The molecule has 7 atom stereocenters. The number of carboxylic acids is 1. The maximum absolute atomic E-state index is 12.1. The van der Waals surface area contributed by atoms with Crippen LogP contribution in [0, 0.1) is 33.5 Å². The summed E-state index contributed by atoms with van der Waals surface area (Å²) in [7, 11) is 0. The van der Waals surface area contributed by atoms with E-state index in [4.69, 9.17) is 0 Å². The largest absolute Gasteiger partial charge is 0.481 e. The Bertz CT molecular complexity index is 562. The van der Waals surface area contributed by atoms with Gasteiger partial charge in [-0.05, 0) is 87.4 Å². The van der Waals surface area contributed by atoms with Crippen LogP contribution in [0.5, 0.6) is 0 Å². The van der Waals surface area contributed by atoms with Gasteiger partial charge in [-0.2, -0.15) is 0 Å². The number of hydrogen-bond acceptors (Lipinski definition) is 3. The van der Waals surface area contributed by atoms with Crippen LogP contribution >= 0.6 is 0 Å². The maximum atomic E-state index is 12.1. The third kappa shape index (κ3) is 1.85. The van der Waals surface area contributed by atoms with Gasteiger partial charge in [-0.15, -0.1) is 0 Å². The molecule has 0 aromatic heterocycles. The number of carboxylic acid groups (broad SMARTS) is 1. The molecule has 2 bridgehead atoms. The zero-order valence-corrected chi connectivity index (χ0v) is 15.1. The monoisotopic (exact) mass is 336 g/mol. The fourth-order valence-electron chi connectivity index (χ4n) is 7.91. The van der Waals surface area contributed by atoms with Gasteiger partial charge in [0.05, 0.1) is 11.5 Å². The minimum Gasteiger partial charge on any atom is -0.481 e. The molecule has 24 heavy (non-hydrogen) atoms. The highest BCUT2D eigenvalue weighted by Gasteiger charge is 2.68. The van der Waals surface area contributed by atoms with Crippen molar-refractivity contribution < 1.29 is 20.1 Å². The first-order valence-electron chi connectivity index (χ1n) is 9.75. The lowest BCUT2D eigenvalue weighted by atomic mass is 9.39. The molecule has 1 unspecified atom stereocenters. The van der Waals surface area contributed by atoms with E-state index in [1.807, 2.05) is 6.92 Å².